The summed E-state index contributed by atoms with van der Waals surface area (Å²) in [5.41, 5.74) is 0.871. The molecule has 0 atom stereocenters. The van der Waals surface area contributed by atoms with Crippen LogP contribution in [0.3, 0.4) is 0 Å². The third-order valence-corrected chi connectivity index (χ3v) is 2.90. The molecule has 16 heavy (non-hydrogen) atoms. The van der Waals surface area contributed by atoms with Crippen LogP contribution in [0.15, 0.2) is 35.1 Å². The molecule has 0 saturated carbocycles. The quantitative estimate of drug-likeness (QED) is 0.669. The van der Waals surface area contributed by atoms with E-state index in [-0.39, 0.29) is 0 Å². The van der Waals surface area contributed by atoms with Gasteiger partial charge in [-0.1, -0.05) is 6.07 Å². The standard InChI is InChI=1S/C8H6BrN3O3S/c9-8-3-1-2-6(10-8)7-4-5-12(11-7)16(13,14)15/h1-5H,(H,13,14,15). The van der Waals surface area contributed by atoms with E-state index in [1.54, 1.807) is 18.2 Å². The van der Waals surface area contributed by atoms with Crippen molar-refractivity contribution in [3.8, 4) is 11.4 Å². The zero-order chi connectivity index (χ0) is 11.8. The Bertz CT molecular complexity index is 623. The Morgan fingerprint density at radius 2 is 2.00 bits per heavy atom. The maximum absolute atomic E-state index is 10.8. The zero-order valence-corrected chi connectivity index (χ0v) is 10.2. The van der Waals surface area contributed by atoms with Crippen molar-refractivity contribution < 1.29 is 13.0 Å². The molecule has 0 bridgehead atoms. The van der Waals surface area contributed by atoms with Crippen LogP contribution in [-0.4, -0.2) is 27.1 Å². The molecule has 0 amide bonds. The Labute approximate surface area is 99.9 Å². The van der Waals surface area contributed by atoms with E-state index in [2.05, 4.69) is 26.0 Å². The van der Waals surface area contributed by atoms with Gasteiger partial charge < -0.3 is 0 Å². The summed E-state index contributed by atoms with van der Waals surface area (Å²) in [5.74, 6) is 0. The molecule has 0 aliphatic rings. The van der Waals surface area contributed by atoms with Gasteiger partial charge in [0, 0.05) is 6.20 Å². The van der Waals surface area contributed by atoms with Gasteiger partial charge in [-0.2, -0.15) is 13.5 Å². The molecule has 8 heteroatoms. The van der Waals surface area contributed by atoms with Crippen LogP contribution in [0.25, 0.3) is 11.4 Å². The summed E-state index contributed by atoms with van der Waals surface area (Å²) in [6, 6.07) is 6.62. The van der Waals surface area contributed by atoms with Crippen molar-refractivity contribution in [2.45, 2.75) is 0 Å². The van der Waals surface area contributed by atoms with Crippen LogP contribution in [0.4, 0.5) is 0 Å². The van der Waals surface area contributed by atoms with Crippen LogP contribution in [0, 0.1) is 0 Å². The van der Waals surface area contributed by atoms with Crippen molar-refractivity contribution in [2.24, 2.45) is 0 Å². The molecule has 2 aromatic rings. The average Bonchev–Trinajstić information content (AvgIpc) is 2.65. The topological polar surface area (TPSA) is 85.1 Å². The predicted molar refractivity (Wildman–Crippen MR) is 60.1 cm³/mol. The number of aromatic nitrogens is 3. The summed E-state index contributed by atoms with van der Waals surface area (Å²) in [7, 11) is -4.33. The van der Waals surface area contributed by atoms with Gasteiger partial charge in [0.15, 0.2) is 0 Å². The van der Waals surface area contributed by atoms with Gasteiger partial charge in [0.25, 0.3) is 0 Å². The van der Waals surface area contributed by atoms with E-state index >= 15 is 0 Å². The average molecular weight is 304 g/mol. The summed E-state index contributed by atoms with van der Waals surface area (Å²) in [6.45, 7) is 0. The zero-order valence-electron chi connectivity index (χ0n) is 7.78. The van der Waals surface area contributed by atoms with E-state index in [0.717, 1.165) is 6.20 Å². The number of hydrogen-bond acceptors (Lipinski definition) is 4. The minimum Gasteiger partial charge on any atom is -0.268 e. The third kappa shape index (κ3) is 2.29. The second-order valence-corrected chi connectivity index (χ2v) is 4.98. The Balaban J connectivity index is 2.47. The van der Waals surface area contributed by atoms with Crippen LogP contribution in [0.2, 0.25) is 0 Å². The molecule has 0 unspecified atom stereocenters. The van der Waals surface area contributed by atoms with Gasteiger partial charge in [0.1, 0.15) is 10.3 Å². The highest BCUT2D eigenvalue weighted by molar-refractivity contribution is 9.10. The van der Waals surface area contributed by atoms with Crippen molar-refractivity contribution >= 4 is 26.2 Å². The summed E-state index contributed by atoms with van der Waals surface area (Å²) >= 11 is 3.19. The van der Waals surface area contributed by atoms with Crippen molar-refractivity contribution in [1.82, 2.24) is 14.2 Å². The monoisotopic (exact) mass is 303 g/mol. The first-order chi connectivity index (χ1) is 7.47. The summed E-state index contributed by atoms with van der Waals surface area (Å²) in [4.78, 5) is 4.10. The lowest BCUT2D eigenvalue weighted by Gasteiger charge is -1.96. The third-order valence-electron chi connectivity index (χ3n) is 1.78. The Morgan fingerprint density at radius 1 is 1.25 bits per heavy atom. The molecular formula is C8H6BrN3O3S. The fourth-order valence-electron chi connectivity index (χ4n) is 1.12. The van der Waals surface area contributed by atoms with Gasteiger partial charge in [-0.25, -0.2) is 4.98 Å². The van der Waals surface area contributed by atoms with E-state index < -0.39 is 10.3 Å². The van der Waals surface area contributed by atoms with Crippen molar-refractivity contribution in [2.75, 3.05) is 0 Å². The summed E-state index contributed by atoms with van der Waals surface area (Å²) in [5, 5.41) is 3.69. The molecule has 0 aromatic carbocycles. The lowest BCUT2D eigenvalue weighted by atomic mass is 10.3. The van der Waals surface area contributed by atoms with Crippen molar-refractivity contribution in [3.05, 3.63) is 35.1 Å². The number of hydrogen-bond donors (Lipinski definition) is 1. The van der Waals surface area contributed by atoms with Gasteiger partial charge in [-0.3, -0.25) is 4.55 Å². The second-order valence-electron chi connectivity index (χ2n) is 2.90. The van der Waals surface area contributed by atoms with Gasteiger partial charge in [0.05, 0.1) is 5.69 Å². The predicted octanol–water partition coefficient (Wildman–Crippen LogP) is 1.36. The van der Waals surface area contributed by atoms with Gasteiger partial charge in [-0.05, 0) is 34.1 Å². The van der Waals surface area contributed by atoms with E-state index in [9.17, 15) is 8.42 Å². The van der Waals surface area contributed by atoms with Gasteiger partial charge in [0.2, 0.25) is 0 Å². The van der Waals surface area contributed by atoms with Gasteiger partial charge in [-0.15, -0.1) is 4.09 Å². The lowest BCUT2D eigenvalue weighted by molar-refractivity contribution is 0.466. The second kappa shape index (κ2) is 3.96. The molecule has 2 rings (SSSR count). The summed E-state index contributed by atoms with van der Waals surface area (Å²) < 4.78 is 31.4. The first-order valence-electron chi connectivity index (χ1n) is 4.13. The van der Waals surface area contributed by atoms with Crippen molar-refractivity contribution in [1.29, 1.82) is 0 Å². The molecule has 0 fully saturated rings. The van der Waals surface area contributed by atoms with Crippen LogP contribution in [0.5, 0.6) is 0 Å². The van der Waals surface area contributed by atoms with Crippen LogP contribution in [0.1, 0.15) is 0 Å². The lowest BCUT2D eigenvalue weighted by Crippen LogP contribution is -2.11. The molecule has 0 radical (unpaired) electrons. The fourth-order valence-corrected chi connectivity index (χ4v) is 1.87. The first-order valence-corrected chi connectivity index (χ1v) is 6.32. The molecule has 0 spiro atoms. The molecule has 2 heterocycles. The number of halogens is 1. The van der Waals surface area contributed by atoms with E-state index in [4.69, 9.17) is 4.55 Å². The van der Waals surface area contributed by atoms with E-state index in [1.165, 1.54) is 6.07 Å². The Morgan fingerprint density at radius 3 is 2.56 bits per heavy atom. The maximum atomic E-state index is 10.8. The molecule has 0 saturated heterocycles. The largest absolute Gasteiger partial charge is 0.379 e. The highest BCUT2D eigenvalue weighted by Crippen LogP contribution is 2.17. The molecule has 1 N–H and O–H groups in total. The maximum Gasteiger partial charge on any atom is 0.379 e. The molecule has 0 aliphatic heterocycles. The SMILES string of the molecule is O=S(=O)(O)n1ccc(-c2cccc(Br)n2)n1. The molecule has 84 valence electrons. The minimum atomic E-state index is -4.33. The van der Waals surface area contributed by atoms with Crippen LogP contribution < -0.4 is 0 Å². The highest BCUT2D eigenvalue weighted by Gasteiger charge is 2.11. The van der Waals surface area contributed by atoms with Crippen LogP contribution >= 0.6 is 15.9 Å². The number of pyridine rings is 1. The molecule has 0 aliphatic carbocycles. The van der Waals surface area contributed by atoms with E-state index in [1.807, 2.05) is 0 Å². The molecule has 6 nitrogen and oxygen atoms in total. The number of nitrogens with zero attached hydrogens (tertiary/aromatic N) is 3. The van der Waals surface area contributed by atoms with Gasteiger partial charge >= 0.3 is 10.3 Å². The van der Waals surface area contributed by atoms with E-state index in [0.29, 0.717) is 20.1 Å². The first kappa shape index (κ1) is 11.2. The normalized spacial score (nSPS) is 11.6. The highest BCUT2D eigenvalue weighted by atomic mass is 79.9. The minimum absolute atomic E-state index is 0.360. The van der Waals surface area contributed by atoms with Crippen LogP contribution in [-0.2, 0) is 10.3 Å². The van der Waals surface area contributed by atoms with Crippen molar-refractivity contribution in [3.63, 3.8) is 0 Å². The Hall–Kier alpha value is -1.25. The fraction of sp³-hybridized carbons (Fsp3) is 0. The Kier molecular flexibility index (Phi) is 2.78. The number of rotatable bonds is 2. The summed E-state index contributed by atoms with van der Waals surface area (Å²) in [6.07, 6.45) is 1.15. The smallest absolute Gasteiger partial charge is 0.268 e. The molecular weight excluding hydrogens is 298 g/mol. The molecule has 2 aromatic heterocycles.